The van der Waals surface area contributed by atoms with Gasteiger partial charge in [0.15, 0.2) is 5.76 Å². The molecule has 0 saturated heterocycles. The molecule has 6 nitrogen and oxygen atoms in total. The van der Waals surface area contributed by atoms with Gasteiger partial charge in [-0.2, -0.15) is 0 Å². The smallest absolute Gasteiger partial charge is 0.300 e. The second-order valence-electron chi connectivity index (χ2n) is 4.07. The van der Waals surface area contributed by atoms with Crippen molar-refractivity contribution in [3.63, 3.8) is 0 Å². The number of nitrogens with one attached hydrogen (secondary N) is 1. The van der Waals surface area contributed by atoms with Crippen LogP contribution in [0.5, 0.6) is 5.75 Å². The topological polar surface area (TPSA) is 85.6 Å². The summed E-state index contributed by atoms with van der Waals surface area (Å²) in [5.74, 6) is 0.207. The van der Waals surface area contributed by atoms with Crippen LogP contribution in [-0.2, 0) is 16.6 Å². The molecule has 7 heteroatoms. The minimum atomic E-state index is -3.61. The van der Waals surface area contributed by atoms with Crippen LogP contribution >= 0.6 is 0 Å². The molecule has 0 fully saturated rings. The molecule has 20 heavy (non-hydrogen) atoms. The number of carbonyl (C=O) groups excluding carboxylic acids is 1. The number of benzene rings is 1. The van der Waals surface area contributed by atoms with Gasteiger partial charge in [0.1, 0.15) is 18.1 Å². The molecule has 0 atom stereocenters. The van der Waals surface area contributed by atoms with E-state index in [0.29, 0.717) is 11.5 Å². The minimum absolute atomic E-state index is 0.0814. The number of para-hydroxylation sites is 1. The molecule has 0 aliphatic carbocycles. The summed E-state index contributed by atoms with van der Waals surface area (Å²) in [5, 5.41) is 0. The van der Waals surface area contributed by atoms with Gasteiger partial charge in [-0.25, -0.2) is 13.1 Å². The summed E-state index contributed by atoms with van der Waals surface area (Å²) in [6.07, 6.45) is 0.896. The van der Waals surface area contributed by atoms with Crippen molar-refractivity contribution in [3.05, 3.63) is 54.0 Å². The third-order valence-corrected chi connectivity index (χ3v) is 2.84. The molecule has 1 amide bonds. The molecule has 1 aromatic heterocycles. The van der Waals surface area contributed by atoms with Crippen LogP contribution in [0, 0.1) is 0 Å². The van der Waals surface area contributed by atoms with Crippen molar-refractivity contribution in [2.24, 2.45) is 0 Å². The second kappa shape index (κ2) is 5.79. The summed E-state index contributed by atoms with van der Waals surface area (Å²) in [4.78, 5) is 11.5. The van der Waals surface area contributed by atoms with Crippen molar-refractivity contribution >= 4 is 15.9 Å². The maximum absolute atomic E-state index is 11.5. The molecule has 0 saturated carbocycles. The van der Waals surface area contributed by atoms with E-state index >= 15 is 0 Å². The predicted octanol–water partition coefficient (Wildman–Crippen LogP) is 1.55. The average Bonchev–Trinajstić information content (AvgIpc) is 2.84. The summed E-state index contributed by atoms with van der Waals surface area (Å²) in [6, 6.07) is 12.1. The van der Waals surface area contributed by atoms with Crippen molar-refractivity contribution in [3.8, 4) is 5.75 Å². The van der Waals surface area contributed by atoms with Crippen molar-refractivity contribution in [2.45, 2.75) is 6.61 Å². The maximum Gasteiger partial charge on any atom is 0.300 e. The molecule has 1 heterocycles. The zero-order chi connectivity index (χ0) is 14.6. The van der Waals surface area contributed by atoms with Crippen LogP contribution < -0.4 is 9.46 Å². The van der Waals surface area contributed by atoms with E-state index in [2.05, 4.69) is 0 Å². The highest BCUT2D eigenvalue weighted by atomic mass is 32.2. The summed E-state index contributed by atoms with van der Waals surface area (Å²) < 4.78 is 34.3. The van der Waals surface area contributed by atoms with Gasteiger partial charge in [0.2, 0.25) is 10.0 Å². The molecule has 0 radical (unpaired) electrons. The maximum atomic E-state index is 11.5. The number of sulfonamides is 1. The lowest BCUT2D eigenvalue weighted by atomic mass is 10.3. The molecule has 0 aliphatic rings. The lowest BCUT2D eigenvalue weighted by Crippen LogP contribution is -2.28. The fourth-order valence-corrected chi connectivity index (χ4v) is 1.90. The zero-order valence-corrected chi connectivity index (χ0v) is 11.5. The Morgan fingerprint density at radius 1 is 1.20 bits per heavy atom. The lowest BCUT2D eigenvalue weighted by Gasteiger charge is -2.03. The molecular weight excluding hydrogens is 282 g/mol. The van der Waals surface area contributed by atoms with Crippen LogP contribution in [0.15, 0.2) is 46.9 Å². The molecule has 0 aliphatic heterocycles. The van der Waals surface area contributed by atoms with Crippen molar-refractivity contribution in [1.82, 2.24) is 4.72 Å². The molecule has 0 spiro atoms. The number of carbonyl (C=O) groups is 1. The Hall–Kier alpha value is -2.28. The first kappa shape index (κ1) is 14.1. The third kappa shape index (κ3) is 4.13. The van der Waals surface area contributed by atoms with Crippen molar-refractivity contribution < 1.29 is 22.4 Å². The highest BCUT2D eigenvalue weighted by Crippen LogP contribution is 2.13. The van der Waals surface area contributed by atoms with E-state index in [4.69, 9.17) is 9.15 Å². The summed E-state index contributed by atoms with van der Waals surface area (Å²) in [7, 11) is -3.61. The number of furan rings is 1. The Morgan fingerprint density at radius 2 is 1.90 bits per heavy atom. The zero-order valence-electron chi connectivity index (χ0n) is 10.7. The van der Waals surface area contributed by atoms with Crippen LogP contribution in [-0.4, -0.2) is 20.6 Å². The number of ether oxygens (including phenoxy) is 1. The Balaban J connectivity index is 1.97. The number of hydrogen-bond acceptors (Lipinski definition) is 5. The highest BCUT2D eigenvalue weighted by molar-refractivity contribution is 7.89. The third-order valence-electron chi connectivity index (χ3n) is 2.29. The largest absolute Gasteiger partial charge is 0.486 e. The molecule has 2 aromatic rings. The van der Waals surface area contributed by atoms with Gasteiger partial charge in [0.05, 0.1) is 6.26 Å². The van der Waals surface area contributed by atoms with E-state index in [1.165, 1.54) is 6.07 Å². The van der Waals surface area contributed by atoms with Gasteiger partial charge in [-0.05, 0) is 24.3 Å². The molecule has 0 bridgehead atoms. The lowest BCUT2D eigenvalue weighted by molar-refractivity contribution is 0.0950. The van der Waals surface area contributed by atoms with Crippen LogP contribution in [0.25, 0.3) is 0 Å². The van der Waals surface area contributed by atoms with E-state index in [1.54, 1.807) is 18.2 Å². The van der Waals surface area contributed by atoms with Crippen molar-refractivity contribution in [2.75, 3.05) is 6.26 Å². The van der Waals surface area contributed by atoms with Crippen molar-refractivity contribution in [1.29, 1.82) is 0 Å². The Labute approximate surface area is 116 Å². The van der Waals surface area contributed by atoms with E-state index in [9.17, 15) is 13.2 Å². The second-order valence-corrected chi connectivity index (χ2v) is 5.82. The fourth-order valence-electron chi connectivity index (χ4n) is 1.47. The fraction of sp³-hybridized carbons (Fsp3) is 0.154. The number of amides is 1. The van der Waals surface area contributed by atoms with Crippen LogP contribution in [0.1, 0.15) is 16.3 Å². The van der Waals surface area contributed by atoms with Gasteiger partial charge in [-0.1, -0.05) is 18.2 Å². The Morgan fingerprint density at radius 3 is 2.55 bits per heavy atom. The number of hydrogen-bond donors (Lipinski definition) is 1. The highest BCUT2D eigenvalue weighted by Gasteiger charge is 2.15. The summed E-state index contributed by atoms with van der Waals surface area (Å²) in [6.45, 7) is 0.149. The standard InChI is InChI=1S/C13H13NO5S/c1-20(16,17)14-13(15)12-8-7-11(19-12)9-18-10-5-3-2-4-6-10/h2-8H,9H2,1H3,(H,14,15). The van der Waals surface area contributed by atoms with Crippen LogP contribution in [0.3, 0.4) is 0 Å². The monoisotopic (exact) mass is 295 g/mol. The molecular formula is C13H13NO5S. The average molecular weight is 295 g/mol. The van der Waals surface area contributed by atoms with Gasteiger partial charge in [0.25, 0.3) is 5.91 Å². The molecule has 0 unspecified atom stereocenters. The minimum Gasteiger partial charge on any atom is -0.486 e. The first-order valence-corrected chi connectivity index (χ1v) is 7.62. The number of rotatable bonds is 5. The molecule has 106 valence electrons. The SMILES string of the molecule is CS(=O)(=O)NC(=O)c1ccc(COc2ccccc2)o1. The van der Waals surface area contributed by atoms with E-state index in [1.807, 2.05) is 22.9 Å². The van der Waals surface area contributed by atoms with E-state index in [0.717, 1.165) is 6.26 Å². The van der Waals surface area contributed by atoms with Crippen LogP contribution in [0.2, 0.25) is 0 Å². The summed E-state index contributed by atoms with van der Waals surface area (Å²) >= 11 is 0. The van der Waals surface area contributed by atoms with E-state index in [-0.39, 0.29) is 12.4 Å². The molecule has 2 rings (SSSR count). The molecule has 1 aromatic carbocycles. The van der Waals surface area contributed by atoms with Gasteiger partial charge in [-0.15, -0.1) is 0 Å². The Bertz CT molecular complexity index is 691. The van der Waals surface area contributed by atoms with Gasteiger partial charge >= 0.3 is 0 Å². The predicted molar refractivity (Wildman–Crippen MR) is 71.8 cm³/mol. The Kier molecular flexibility index (Phi) is 4.09. The normalized spacial score (nSPS) is 11.1. The summed E-state index contributed by atoms with van der Waals surface area (Å²) in [5.41, 5.74) is 0. The van der Waals surface area contributed by atoms with Gasteiger partial charge < -0.3 is 9.15 Å². The van der Waals surface area contributed by atoms with Gasteiger partial charge in [-0.3, -0.25) is 4.79 Å². The van der Waals surface area contributed by atoms with Crippen LogP contribution in [0.4, 0.5) is 0 Å². The van der Waals surface area contributed by atoms with Gasteiger partial charge in [0, 0.05) is 0 Å². The first-order valence-electron chi connectivity index (χ1n) is 5.73. The van der Waals surface area contributed by atoms with E-state index < -0.39 is 15.9 Å². The molecule has 1 N–H and O–H groups in total. The first-order chi connectivity index (χ1) is 9.44. The quantitative estimate of drug-likeness (QED) is 0.904.